The Labute approximate surface area is 322 Å². The molecule has 0 saturated carbocycles. The number of fused-ring (bicyclic) bond motifs is 6. The van der Waals surface area contributed by atoms with E-state index in [4.69, 9.17) is 19.4 Å². The van der Waals surface area contributed by atoms with Gasteiger partial charge in [-0.15, -0.1) is 0 Å². The van der Waals surface area contributed by atoms with E-state index in [2.05, 4.69) is 144 Å². The summed E-state index contributed by atoms with van der Waals surface area (Å²) in [6, 6.07) is 67.7. The monoisotopic (exact) mass is 716 g/mol. The van der Waals surface area contributed by atoms with Gasteiger partial charge in [-0.3, -0.25) is 0 Å². The number of nitrogens with zero attached hydrogens (tertiary/aromatic N) is 4. The zero-order valence-electron chi connectivity index (χ0n) is 30.2. The lowest BCUT2D eigenvalue weighted by atomic mass is 10.0. The molecule has 0 spiro atoms. The van der Waals surface area contributed by atoms with E-state index in [0.717, 1.165) is 55.4 Å². The fraction of sp³-hybridized carbons (Fsp3) is 0. The van der Waals surface area contributed by atoms with E-state index in [0.29, 0.717) is 17.5 Å². The quantitative estimate of drug-likeness (QED) is 0.172. The molecule has 11 aromatic rings. The molecule has 5 nitrogen and oxygen atoms in total. The van der Waals surface area contributed by atoms with Crippen molar-refractivity contribution < 1.29 is 4.42 Å². The molecule has 0 aliphatic heterocycles. The summed E-state index contributed by atoms with van der Waals surface area (Å²) >= 11 is 0. The SMILES string of the molecule is c1ccc(-c2ccc3c(c2)c2ccccc2n3-c2cccc(-c3ccc(-c4nc(-c5ccccc5)nc(-c5ccc6c(c5)oc5ccccc56)n4)cc3)c2)cc1. The molecular weight excluding hydrogens is 685 g/mol. The Balaban J connectivity index is 0.974. The average molecular weight is 717 g/mol. The Morgan fingerprint density at radius 3 is 1.61 bits per heavy atom. The third-order valence-electron chi connectivity index (χ3n) is 10.7. The zero-order chi connectivity index (χ0) is 37.0. The predicted molar refractivity (Wildman–Crippen MR) is 229 cm³/mol. The van der Waals surface area contributed by atoms with Gasteiger partial charge in [-0.1, -0.05) is 146 Å². The summed E-state index contributed by atoms with van der Waals surface area (Å²) < 4.78 is 8.59. The van der Waals surface area contributed by atoms with E-state index >= 15 is 0 Å². The topological polar surface area (TPSA) is 56.7 Å². The third-order valence-corrected chi connectivity index (χ3v) is 10.7. The summed E-state index contributed by atoms with van der Waals surface area (Å²) in [6.45, 7) is 0. The summed E-state index contributed by atoms with van der Waals surface area (Å²) in [7, 11) is 0. The molecule has 11 rings (SSSR count). The first-order valence-corrected chi connectivity index (χ1v) is 18.8. The van der Waals surface area contributed by atoms with Gasteiger partial charge in [0.15, 0.2) is 17.5 Å². The standard InChI is InChI=1S/C51H32N4O/c1-3-12-33(13-4-1)38-27-29-46-44(31-38)41-18-7-9-20-45(41)55(46)40-17-11-16-37(30-40)34-22-24-36(25-23-34)50-52-49(35-14-5-2-6-15-35)53-51(54-50)39-26-28-43-42-19-8-10-21-47(42)56-48(43)32-39/h1-32H. The van der Waals surface area contributed by atoms with Crippen LogP contribution in [0.25, 0.3) is 106 Å². The van der Waals surface area contributed by atoms with E-state index < -0.39 is 0 Å². The highest BCUT2D eigenvalue weighted by Gasteiger charge is 2.16. The number of hydrogen-bond acceptors (Lipinski definition) is 4. The molecule has 0 aliphatic carbocycles. The molecule has 56 heavy (non-hydrogen) atoms. The van der Waals surface area contributed by atoms with Crippen molar-refractivity contribution in [1.82, 2.24) is 19.5 Å². The highest BCUT2D eigenvalue weighted by atomic mass is 16.3. The lowest BCUT2D eigenvalue weighted by Crippen LogP contribution is -2.00. The summed E-state index contributed by atoms with van der Waals surface area (Å²) in [5.74, 6) is 1.82. The molecule has 0 atom stereocenters. The molecule has 0 N–H and O–H groups in total. The van der Waals surface area contributed by atoms with Crippen molar-refractivity contribution in [3.63, 3.8) is 0 Å². The second kappa shape index (κ2) is 13.0. The molecule has 0 saturated heterocycles. The summed E-state index contributed by atoms with van der Waals surface area (Å²) in [5, 5.41) is 4.63. The highest BCUT2D eigenvalue weighted by Crippen LogP contribution is 2.37. The van der Waals surface area contributed by atoms with Gasteiger partial charge in [-0.2, -0.15) is 0 Å². The van der Waals surface area contributed by atoms with E-state index in [1.165, 1.54) is 32.9 Å². The summed E-state index contributed by atoms with van der Waals surface area (Å²) in [6.07, 6.45) is 0. The van der Waals surface area contributed by atoms with Gasteiger partial charge in [-0.25, -0.2) is 15.0 Å². The lowest BCUT2D eigenvalue weighted by Gasteiger charge is -2.11. The number of hydrogen-bond donors (Lipinski definition) is 0. The lowest BCUT2D eigenvalue weighted by molar-refractivity contribution is 0.669. The van der Waals surface area contributed by atoms with Crippen LogP contribution in [0.2, 0.25) is 0 Å². The Bertz CT molecular complexity index is 3240. The molecular formula is C51H32N4O. The van der Waals surface area contributed by atoms with Crippen molar-refractivity contribution in [3.8, 4) is 62.1 Å². The largest absolute Gasteiger partial charge is 0.456 e. The molecule has 0 unspecified atom stereocenters. The Morgan fingerprint density at radius 1 is 0.304 bits per heavy atom. The van der Waals surface area contributed by atoms with Gasteiger partial charge in [0.2, 0.25) is 0 Å². The van der Waals surface area contributed by atoms with Crippen LogP contribution >= 0.6 is 0 Å². The van der Waals surface area contributed by atoms with Crippen molar-refractivity contribution in [2.24, 2.45) is 0 Å². The van der Waals surface area contributed by atoms with Crippen LogP contribution in [0.15, 0.2) is 199 Å². The molecule has 0 bridgehead atoms. The summed E-state index contributed by atoms with van der Waals surface area (Å²) in [5.41, 5.74) is 12.5. The van der Waals surface area contributed by atoms with Gasteiger partial charge in [0.05, 0.1) is 11.0 Å². The minimum absolute atomic E-state index is 0.593. The molecule has 5 heteroatoms. The minimum Gasteiger partial charge on any atom is -0.456 e. The van der Waals surface area contributed by atoms with Gasteiger partial charge in [0, 0.05) is 43.9 Å². The fourth-order valence-electron chi connectivity index (χ4n) is 7.91. The zero-order valence-corrected chi connectivity index (χ0v) is 30.2. The Morgan fingerprint density at radius 2 is 0.821 bits per heavy atom. The van der Waals surface area contributed by atoms with Crippen LogP contribution in [0, 0.1) is 0 Å². The third kappa shape index (κ3) is 5.45. The molecule has 0 amide bonds. The van der Waals surface area contributed by atoms with E-state index in [-0.39, 0.29) is 0 Å². The van der Waals surface area contributed by atoms with Crippen LogP contribution in [0.3, 0.4) is 0 Å². The first-order valence-electron chi connectivity index (χ1n) is 18.8. The van der Waals surface area contributed by atoms with Gasteiger partial charge in [0.25, 0.3) is 0 Å². The van der Waals surface area contributed by atoms with E-state index in [1.807, 2.05) is 54.6 Å². The van der Waals surface area contributed by atoms with Gasteiger partial charge in [0.1, 0.15) is 11.2 Å². The van der Waals surface area contributed by atoms with Crippen LogP contribution in [-0.4, -0.2) is 19.5 Å². The van der Waals surface area contributed by atoms with Crippen LogP contribution < -0.4 is 0 Å². The normalized spacial score (nSPS) is 11.6. The maximum absolute atomic E-state index is 6.22. The van der Waals surface area contributed by atoms with Gasteiger partial charge >= 0.3 is 0 Å². The maximum atomic E-state index is 6.22. The van der Waals surface area contributed by atoms with Crippen molar-refractivity contribution in [2.75, 3.05) is 0 Å². The molecule has 8 aromatic carbocycles. The maximum Gasteiger partial charge on any atom is 0.164 e. The van der Waals surface area contributed by atoms with E-state index in [1.54, 1.807) is 0 Å². The molecule has 3 heterocycles. The smallest absolute Gasteiger partial charge is 0.164 e. The average Bonchev–Trinajstić information content (AvgIpc) is 3.82. The molecule has 262 valence electrons. The second-order valence-corrected chi connectivity index (χ2v) is 14.1. The van der Waals surface area contributed by atoms with Crippen LogP contribution in [0.4, 0.5) is 0 Å². The number of aromatic nitrogens is 4. The fourth-order valence-corrected chi connectivity index (χ4v) is 7.91. The summed E-state index contributed by atoms with van der Waals surface area (Å²) in [4.78, 5) is 15.0. The number of rotatable bonds is 6. The van der Waals surface area contributed by atoms with Crippen LogP contribution in [0.5, 0.6) is 0 Å². The first kappa shape index (κ1) is 31.9. The molecule has 0 aliphatic rings. The Hall–Kier alpha value is -7.63. The van der Waals surface area contributed by atoms with Crippen molar-refractivity contribution >= 4 is 43.7 Å². The first-order chi connectivity index (χ1) is 27.7. The van der Waals surface area contributed by atoms with Crippen molar-refractivity contribution in [2.45, 2.75) is 0 Å². The van der Waals surface area contributed by atoms with Crippen molar-refractivity contribution in [3.05, 3.63) is 194 Å². The minimum atomic E-state index is 0.593. The van der Waals surface area contributed by atoms with Gasteiger partial charge in [-0.05, 0) is 70.8 Å². The van der Waals surface area contributed by atoms with Gasteiger partial charge < -0.3 is 8.98 Å². The van der Waals surface area contributed by atoms with Crippen LogP contribution in [-0.2, 0) is 0 Å². The van der Waals surface area contributed by atoms with E-state index in [9.17, 15) is 0 Å². The number of para-hydroxylation sites is 2. The number of furan rings is 1. The molecule has 0 fully saturated rings. The van der Waals surface area contributed by atoms with Crippen LogP contribution in [0.1, 0.15) is 0 Å². The highest BCUT2D eigenvalue weighted by molar-refractivity contribution is 6.10. The molecule has 0 radical (unpaired) electrons. The second-order valence-electron chi connectivity index (χ2n) is 14.1. The predicted octanol–water partition coefficient (Wildman–Crippen LogP) is 13.2. The molecule has 3 aromatic heterocycles. The Kier molecular flexibility index (Phi) is 7.42. The number of benzene rings is 8. The van der Waals surface area contributed by atoms with Crippen molar-refractivity contribution in [1.29, 1.82) is 0 Å².